The molecule has 136 valence electrons. The highest BCUT2D eigenvalue weighted by atomic mass is 32.1. The maximum absolute atomic E-state index is 13.0. The number of hydrogen-bond acceptors (Lipinski definition) is 5. The summed E-state index contributed by atoms with van der Waals surface area (Å²) < 4.78 is 5.89. The van der Waals surface area contributed by atoms with Crippen LogP contribution < -0.4 is 4.74 Å². The number of carbonyl (C=O) groups excluding carboxylic acids is 1. The lowest BCUT2D eigenvalue weighted by atomic mass is 9.74. The molecule has 2 aliphatic rings. The number of rotatable bonds is 2. The van der Waals surface area contributed by atoms with E-state index < -0.39 is 11.4 Å². The van der Waals surface area contributed by atoms with Crippen LogP contribution in [0.4, 0.5) is 0 Å². The number of hydrogen-bond donors (Lipinski definition) is 1. The predicted molar refractivity (Wildman–Crippen MR) is 96.7 cm³/mol. The average molecular weight is 372 g/mol. The highest BCUT2D eigenvalue weighted by molar-refractivity contribution is 7.13. The van der Waals surface area contributed by atoms with Gasteiger partial charge in [-0.05, 0) is 31.9 Å². The molecule has 0 saturated carbocycles. The van der Waals surface area contributed by atoms with Crippen LogP contribution in [0.2, 0.25) is 0 Å². The first-order valence-electron chi connectivity index (χ1n) is 8.58. The molecule has 0 radical (unpaired) electrons. The number of fused-ring (bicyclic) bond motifs is 2. The summed E-state index contributed by atoms with van der Waals surface area (Å²) >= 11 is 1.36. The summed E-state index contributed by atoms with van der Waals surface area (Å²) in [7, 11) is 0. The summed E-state index contributed by atoms with van der Waals surface area (Å²) in [5.41, 5.74) is 0.572. The molecule has 6 nitrogen and oxygen atoms in total. The van der Waals surface area contributed by atoms with E-state index in [1.807, 2.05) is 38.1 Å². The number of likely N-dealkylation sites (tertiary alicyclic amines) is 1. The smallest absolute Gasteiger partial charge is 0.312 e. The molecule has 2 aromatic rings. The van der Waals surface area contributed by atoms with Crippen molar-refractivity contribution >= 4 is 23.2 Å². The Labute approximate surface area is 155 Å². The number of nitrogens with zero attached hydrogens (tertiary/aromatic N) is 2. The van der Waals surface area contributed by atoms with E-state index in [4.69, 9.17) is 4.74 Å². The van der Waals surface area contributed by atoms with Gasteiger partial charge in [0.05, 0.1) is 22.7 Å². The standard InChI is InChI=1S/C19H20N2O4S/c1-11-16(26-12(2)20-11)17(22)21-8-14-9-25-15-6-4-3-5-13(15)7-19(14,10-21)18(23)24/h3-6,14H,7-10H2,1-2H3,(H,23,24)/t14-,19+/m1/s1. The highest BCUT2D eigenvalue weighted by Crippen LogP contribution is 2.44. The van der Waals surface area contributed by atoms with Gasteiger partial charge in [-0.3, -0.25) is 9.59 Å². The Hall–Kier alpha value is -2.41. The highest BCUT2D eigenvalue weighted by Gasteiger charge is 2.55. The van der Waals surface area contributed by atoms with E-state index in [9.17, 15) is 14.7 Å². The normalized spacial score (nSPS) is 24.4. The summed E-state index contributed by atoms with van der Waals surface area (Å²) in [4.78, 5) is 31.9. The molecule has 0 unspecified atom stereocenters. The van der Waals surface area contributed by atoms with Crippen LogP contribution in [0.25, 0.3) is 0 Å². The molecule has 2 atom stereocenters. The second-order valence-electron chi connectivity index (χ2n) is 7.09. The fraction of sp³-hybridized carbons (Fsp3) is 0.421. The number of ether oxygens (including phenoxy) is 1. The van der Waals surface area contributed by atoms with Crippen LogP contribution in [0, 0.1) is 25.2 Å². The Kier molecular flexibility index (Phi) is 3.99. The molecule has 7 heteroatoms. The number of carboxylic acids is 1. The molecule has 1 amide bonds. The molecule has 3 heterocycles. The molecule has 1 aromatic carbocycles. The number of aromatic nitrogens is 1. The topological polar surface area (TPSA) is 79.7 Å². The predicted octanol–water partition coefficient (Wildman–Crippen LogP) is 2.54. The second-order valence-corrected chi connectivity index (χ2v) is 8.29. The number of benzene rings is 1. The van der Waals surface area contributed by atoms with Gasteiger partial charge < -0.3 is 14.7 Å². The van der Waals surface area contributed by atoms with Gasteiger partial charge >= 0.3 is 5.97 Å². The van der Waals surface area contributed by atoms with E-state index in [0.717, 1.165) is 16.3 Å². The average Bonchev–Trinajstić information content (AvgIpc) is 3.09. The zero-order valence-electron chi connectivity index (χ0n) is 14.7. The number of para-hydroxylation sites is 1. The molecular formula is C19H20N2O4S. The van der Waals surface area contributed by atoms with Crippen LogP contribution in [0.1, 0.15) is 25.9 Å². The third-order valence-electron chi connectivity index (χ3n) is 5.42. The van der Waals surface area contributed by atoms with Crippen molar-refractivity contribution in [2.45, 2.75) is 20.3 Å². The van der Waals surface area contributed by atoms with Gasteiger partial charge in [0.1, 0.15) is 10.6 Å². The third kappa shape index (κ3) is 2.58. The van der Waals surface area contributed by atoms with Crippen LogP contribution >= 0.6 is 11.3 Å². The van der Waals surface area contributed by atoms with Gasteiger partial charge in [-0.15, -0.1) is 11.3 Å². The van der Waals surface area contributed by atoms with E-state index in [0.29, 0.717) is 30.1 Å². The lowest BCUT2D eigenvalue weighted by Gasteiger charge is -2.27. The van der Waals surface area contributed by atoms with Crippen LogP contribution in [-0.2, 0) is 11.2 Å². The summed E-state index contributed by atoms with van der Waals surface area (Å²) in [5, 5.41) is 10.9. The summed E-state index contributed by atoms with van der Waals surface area (Å²) in [6, 6.07) is 7.55. The molecule has 0 spiro atoms. The molecule has 26 heavy (non-hydrogen) atoms. The first-order valence-corrected chi connectivity index (χ1v) is 9.40. The van der Waals surface area contributed by atoms with E-state index in [1.165, 1.54) is 11.3 Å². The molecule has 1 N–H and O–H groups in total. The number of thiazole rings is 1. The quantitative estimate of drug-likeness (QED) is 0.876. The van der Waals surface area contributed by atoms with Gasteiger partial charge in [0, 0.05) is 19.0 Å². The SMILES string of the molecule is Cc1nc(C)c(C(=O)N2C[C@@H]3COc4ccccc4C[C@]3(C(=O)O)C2)s1. The van der Waals surface area contributed by atoms with Gasteiger partial charge in [0.25, 0.3) is 5.91 Å². The monoisotopic (exact) mass is 372 g/mol. The lowest BCUT2D eigenvalue weighted by Crippen LogP contribution is -2.42. The molecule has 1 aromatic heterocycles. The summed E-state index contributed by atoms with van der Waals surface area (Å²) in [5.74, 6) is -0.495. The van der Waals surface area contributed by atoms with Gasteiger partial charge in [0.2, 0.25) is 0 Å². The van der Waals surface area contributed by atoms with Crippen LogP contribution in [0.5, 0.6) is 5.75 Å². The van der Waals surface area contributed by atoms with Crippen molar-refractivity contribution in [2.24, 2.45) is 11.3 Å². The van der Waals surface area contributed by atoms with Gasteiger partial charge in [-0.1, -0.05) is 18.2 Å². The molecular weight excluding hydrogens is 352 g/mol. The van der Waals surface area contributed by atoms with Crippen LogP contribution in [0.3, 0.4) is 0 Å². The fourth-order valence-corrected chi connectivity index (χ4v) is 4.94. The maximum atomic E-state index is 13.0. The minimum atomic E-state index is -1.02. The third-order valence-corrected chi connectivity index (χ3v) is 6.49. The minimum absolute atomic E-state index is 0.130. The van der Waals surface area contributed by atoms with Crippen molar-refractivity contribution in [1.29, 1.82) is 0 Å². The lowest BCUT2D eigenvalue weighted by molar-refractivity contribution is -0.150. The largest absolute Gasteiger partial charge is 0.493 e. The van der Waals surface area contributed by atoms with Crippen molar-refractivity contribution < 1.29 is 19.4 Å². The van der Waals surface area contributed by atoms with E-state index in [1.54, 1.807) is 4.90 Å². The first kappa shape index (κ1) is 17.0. The number of aryl methyl sites for hydroxylation is 2. The summed E-state index contributed by atoms with van der Waals surface area (Å²) in [6.07, 6.45) is 0.369. The van der Waals surface area contributed by atoms with Crippen LogP contribution in [0.15, 0.2) is 24.3 Å². The second kappa shape index (κ2) is 6.09. The van der Waals surface area contributed by atoms with Gasteiger partial charge in [-0.2, -0.15) is 0 Å². The van der Waals surface area contributed by atoms with Gasteiger partial charge in [-0.25, -0.2) is 4.98 Å². The van der Waals surface area contributed by atoms with Crippen molar-refractivity contribution in [2.75, 3.05) is 19.7 Å². The maximum Gasteiger partial charge on any atom is 0.312 e. The molecule has 4 rings (SSSR count). The molecule has 1 fully saturated rings. The first-order chi connectivity index (χ1) is 12.4. The number of aliphatic carboxylic acids is 1. The van der Waals surface area contributed by atoms with E-state index in [-0.39, 0.29) is 18.4 Å². The van der Waals surface area contributed by atoms with Crippen LogP contribution in [-0.4, -0.2) is 46.6 Å². The van der Waals surface area contributed by atoms with Gasteiger partial charge in [0.15, 0.2) is 0 Å². The van der Waals surface area contributed by atoms with Crippen molar-refractivity contribution in [3.8, 4) is 5.75 Å². The molecule has 0 aliphatic carbocycles. The molecule has 0 bridgehead atoms. The fourth-order valence-electron chi connectivity index (χ4n) is 4.05. The van der Waals surface area contributed by atoms with E-state index >= 15 is 0 Å². The van der Waals surface area contributed by atoms with E-state index in [2.05, 4.69) is 4.98 Å². The zero-order valence-corrected chi connectivity index (χ0v) is 15.5. The Morgan fingerprint density at radius 3 is 2.81 bits per heavy atom. The zero-order chi connectivity index (χ0) is 18.5. The molecule has 2 aliphatic heterocycles. The minimum Gasteiger partial charge on any atom is -0.493 e. The Morgan fingerprint density at radius 2 is 2.12 bits per heavy atom. The number of carboxylic acid groups (broad SMARTS) is 1. The van der Waals surface area contributed by atoms with Crippen molar-refractivity contribution in [3.63, 3.8) is 0 Å². The Bertz CT molecular complexity index is 893. The van der Waals surface area contributed by atoms with Crippen molar-refractivity contribution in [1.82, 2.24) is 9.88 Å². The Morgan fingerprint density at radius 1 is 1.35 bits per heavy atom. The van der Waals surface area contributed by atoms with Crippen molar-refractivity contribution in [3.05, 3.63) is 45.4 Å². The number of carbonyl (C=O) groups is 2. The number of amides is 1. The Balaban J connectivity index is 1.68. The molecule has 1 saturated heterocycles. The summed E-state index contributed by atoms with van der Waals surface area (Å²) in [6.45, 7) is 4.56.